The molecule has 5 aromatic carbocycles. The number of hydrogen-bond donors (Lipinski definition) is 0. The Hall–Kier alpha value is -4.21. The molecule has 7 aromatic rings. The van der Waals surface area contributed by atoms with E-state index < -0.39 is 0 Å². The lowest BCUT2D eigenvalue weighted by atomic mass is 10.0. The fraction of sp³-hybridized carbons (Fsp3) is 0. The van der Waals surface area contributed by atoms with Crippen LogP contribution in [0.25, 0.3) is 60.1 Å². The highest BCUT2D eigenvalue weighted by molar-refractivity contribution is 7.17. The zero-order valence-corrected chi connectivity index (χ0v) is 19.2. The minimum absolute atomic E-state index is 0.981. The molecule has 3 heteroatoms. The minimum atomic E-state index is 0.981. The second-order valence-corrected chi connectivity index (χ2v) is 9.40. The van der Waals surface area contributed by atoms with Crippen LogP contribution in [0.5, 0.6) is 0 Å². The van der Waals surface area contributed by atoms with Crippen LogP contribution in [0.1, 0.15) is 0 Å². The van der Waals surface area contributed by atoms with Gasteiger partial charge in [0.2, 0.25) is 0 Å². The van der Waals surface area contributed by atoms with Gasteiger partial charge in [0.25, 0.3) is 0 Å². The molecular formula is C31H20N2S. The third-order valence-electron chi connectivity index (χ3n) is 6.49. The Kier molecular flexibility index (Phi) is 4.36. The van der Waals surface area contributed by atoms with E-state index in [1.54, 1.807) is 11.3 Å². The predicted octanol–water partition coefficient (Wildman–Crippen LogP) is 8.73. The molecule has 0 radical (unpaired) electrons. The van der Waals surface area contributed by atoms with Crippen LogP contribution < -0.4 is 0 Å². The molecule has 0 N–H and O–H groups in total. The molecule has 0 unspecified atom stereocenters. The van der Waals surface area contributed by atoms with Crippen LogP contribution in [-0.2, 0) is 0 Å². The van der Waals surface area contributed by atoms with Gasteiger partial charge in [0.1, 0.15) is 5.82 Å². The van der Waals surface area contributed by atoms with E-state index in [-0.39, 0.29) is 0 Å². The number of benzene rings is 5. The molecule has 0 aliphatic rings. The van der Waals surface area contributed by atoms with Crippen molar-refractivity contribution in [3.63, 3.8) is 0 Å². The predicted molar refractivity (Wildman–Crippen MR) is 145 cm³/mol. The number of fused-ring (bicyclic) bond motifs is 3. The third-order valence-corrected chi connectivity index (χ3v) is 7.45. The highest BCUT2D eigenvalue weighted by Gasteiger charge is 2.19. The van der Waals surface area contributed by atoms with E-state index in [0.29, 0.717) is 0 Å². The highest BCUT2D eigenvalue weighted by atomic mass is 32.1. The van der Waals surface area contributed by atoms with Gasteiger partial charge in [0, 0.05) is 26.4 Å². The summed E-state index contributed by atoms with van der Waals surface area (Å²) in [5.74, 6) is 0.981. The first-order valence-electron chi connectivity index (χ1n) is 11.4. The summed E-state index contributed by atoms with van der Waals surface area (Å²) in [7, 11) is 0. The lowest BCUT2D eigenvalue weighted by Gasteiger charge is -2.12. The van der Waals surface area contributed by atoms with Crippen LogP contribution in [0.3, 0.4) is 0 Å². The standard InChI is InChI=1S/C31H20N2S/c1-2-9-21(10-3-1)23-17-18-30-25(19-23)26(20-34-30)31-32-27-14-6-7-15-29(27)33(31)28-16-8-12-22-11-4-5-13-24(22)28/h1-20H. The van der Waals surface area contributed by atoms with Gasteiger partial charge in [-0.2, -0.15) is 0 Å². The van der Waals surface area contributed by atoms with Gasteiger partial charge in [0.05, 0.1) is 16.7 Å². The Morgan fingerprint density at radius 3 is 2.35 bits per heavy atom. The van der Waals surface area contributed by atoms with Gasteiger partial charge in [-0.25, -0.2) is 4.98 Å². The van der Waals surface area contributed by atoms with Gasteiger partial charge < -0.3 is 0 Å². The Morgan fingerprint density at radius 1 is 0.618 bits per heavy atom. The number of imidazole rings is 1. The Labute approximate surface area is 201 Å². The molecule has 0 saturated heterocycles. The van der Waals surface area contributed by atoms with E-state index in [4.69, 9.17) is 4.98 Å². The average molecular weight is 453 g/mol. The summed E-state index contributed by atoms with van der Waals surface area (Å²) in [6, 6.07) is 40.8. The number of para-hydroxylation sites is 2. The molecule has 0 bridgehead atoms. The fourth-order valence-corrected chi connectivity index (χ4v) is 5.79. The van der Waals surface area contributed by atoms with Gasteiger partial charge in [-0.05, 0) is 46.8 Å². The SMILES string of the molecule is c1ccc(-c2ccc3scc(-c4nc5ccccc5n4-c4cccc5ccccc45)c3c2)cc1. The zero-order chi connectivity index (χ0) is 22.5. The topological polar surface area (TPSA) is 17.8 Å². The van der Waals surface area contributed by atoms with Crippen molar-refractivity contribution >= 4 is 43.2 Å². The minimum Gasteiger partial charge on any atom is -0.292 e. The van der Waals surface area contributed by atoms with Crippen molar-refractivity contribution < 1.29 is 0 Å². The zero-order valence-electron chi connectivity index (χ0n) is 18.3. The number of hydrogen-bond acceptors (Lipinski definition) is 2. The highest BCUT2D eigenvalue weighted by Crippen LogP contribution is 2.39. The monoisotopic (exact) mass is 452 g/mol. The normalized spacial score (nSPS) is 11.5. The Morgan fingerprint density at radius 2 is 1.41 bits per heavy atom. The first-order chi connectivity index (χ1) is 16.9. The van der Waals surface area contributed by atoms with E-state index in [1.807, 2.05) is 0 Å². The summed E-state index contributed by atoms with van der Waals surface area (Å²) in [5, 5.41) is 5.94. The Bertz CT molecular complexity index is 1800. The maximum Gasteiger partial charge on any atom is 0.147 e. The van der Waals surface area contributed by atoms with Crippen LogP contribution in [-0.4, -0.2) is 9.55 Å². The van der Waals surface area contributed by atoms with Gasteiger partial charge in [-0.3, -0.25) is 4.57 Å². The first-order valence-corrected chi connectivity index (χ1v) is 12.3. The summed E-state index contributed by atoms with van der Waals surface area (Å²) < 4.78 is 3.60. The number of thiophene rings is 1. The summed E-state index contributed by atoms with van der Waals surface area (Å²) in [4.78, 5) is 5.16. The summed E-state index contributed by atoms with van der Waals surface area (Å²) in [6.07, 6.45) is 0. The van der Waals surface area contributed by atoms with Crippen LogP contribution in [0.15, 0.2) is 121 Å². The molecular weight excluding hydrogens is 432 g/mol. The average Bonchev–Trinajstić information content (AvgIpc) is 3.50. The van der Waals surface area contributed by atoms with E-state index in [2.05, 4.69) is 125 Å². The number of nitrogens with zero attached hydrogens (tertiary/aromatic N) is 2. The molecule has 0 aliphatic carbocycles. The first kappa shape index (κ1) is 19.3. The molecule has 34 heavy (non-hydrogen) atoms. The smallest absolute Gasteiger partial charge is 0.147 e. The summed E-state index contributed by atoms with van der Waals surface area (Å²) in [6.45, 7) is 0. The van der Waals surface area contributed by atoms with E-state index >= 15 is 0 Å². The molecule has 0 aliphatic heterocycles. The summed E-state index contributed by atoms with van der Waals surface area (Å²) >= 11 is 1.78. The maximum atomic E-state index is 5.16. The largest absolute Gasteiger partial charge is 0.292 e. The van der Waals surface area contributed by atoms with Crippen molar-refractivity contribution in [1.82, 2.24) is 9.55 Å². The van der Waals surface area contributed by atoms with Crippen LogP contribution in [0.2, 0.25) is 0 Å². The van der Waals surface area contributed by atoms with Crippen molar-refractivity contribution in [1.29, 1.82) is 0 Å². The van der Waals surface area contributed by atoms with Crippen LogP contribution in [0, 0.1) is 0 Å². The van der Waals surface area contributed by atoms with E-state index in [9.17, 15) is 0 Å². The van der Waals surface area contributed by atoms with E-state index in [1.165, 1.54) is 37.5 Å². The second kappa shape index (κ2) is 7.68. The van der Waals surface area contributed by atoms with Gasteiger partial charge in [-0.15, -0.1) is 11.3 Å². The number of aromatic nitrogens is 2. The quantitative estimate of drug-likeness (QED) is 0.262. The van der Waals surface area contributed by atoms with Crippen LogP contribution >= 0.6 is 11.3 Å². The molecule has 0 amide bonds. The van der Waals surface area contributed by atoms with Crippen molar-refractivity contribution in [3.05, 3.63) is 121 Å². The van der Waals surface area contributed by atoms with Crippen molar-refractivity contribution in [2.45, 2.75) is 0 Å². The van der Waals surface area contributed by atoms with Gasteiger partial charge in [-0.1, -0.05) is 84.9 Å². The summed E-state index contributed by atoms with van der Waals surface area (Å²) in [5.41, 5.74) is 6.89. The molecule has 0 saturated carbocycles. The Balaban J connectivity index is 1.54. The lowest BCUT2D eigenvalue weighted by Crippen LogP contribution is -1.98. The maximum absolute atomic E-state index is 5.16. The molecule has 160 valence electrons. The van der Waals surface area contributed by atoms with Crippen LogP contribution in [0.4, 0.5) is 0 Å². The molecule has 0 fully saturated rings. The molecule has 2 heterocycles. The number of rotatable bonds is 3. The fourth-order valence-electron chi connectivity index (χ4n) is 4.87. The van der Waals surface area contributed by atoms with Gasteiger partial charge in [0.15, 0.2) is 0 Å². The van der Waals surface area contributed by atoms with Crippen molar-refractivity contribution in [2.24, 2.45) is 0 Å². The molecule has 2 nitrogen and oxygen atoms in total. The van der Waals surface area contributed by atoms with Crippen molar-refractivity contribution in [3.8, 4) is 28.2 Å². The molecule has 0 spiro atoms. The second-order valence-electron chi connectivity index (χ2n) is 8.48. The molecule has 2 aromatic heterocycles. The van der Waals surface area contributed by atoms with Gasteiger partial charge >= 0.3 is 0 Å². The lowest BCUT2D eigenvalue weighted by molar-refractivity contribution is 1.12. The van der Waals surface area contributed by atoms with Crippen molar-refractivity contribution in [2.75, 3.05) is 0 Å². The third kappa shape index (κ3) is 2.98. The van der Waals surface area contributed by atoms with E-state index in [0.717, 1.165) is 22.5 Å². The molecule has 7 rings (SSSR count). The molecule has 0 atom stereocenters.